The van der Waals surface area contributed by atoms with E-state index in [1.807, 2.05) is 6.07 Å². The molecule has 0 radical (unpaired) electrons. The first kappa shape index (κ1) is 13.9. The number of para-hydroxylation sites is 1. The normalized spacial score (nSPS) is 24.3. The number of aliphatic hydroxyl groups is 1. The molecule has 0 saturated carbocycles. The highest BCUT2D eigenvalue weighted by atomic mass is 16.5. The molecule has 0 bridgehead atoms. The molecule has 6 nitrogen and oxygen atoms in total. The number of hydrogen-bond acceptors (Lipinski definition) is 4. The topological polar surface area (TPSA) is 87.1 Å². The Hall–Kier alpha value is -2.08. The van der Waals surface area contributed by atoms with Crippen molar-refractivity contribution in [2.45, 2.75) is 31.4 Å². The highest BCUT2D eigenvalue weighted by Gasteiger charge is 2.37. The first-order valence-electron chi connectivity index (χ1n) is 7.04. The van der Waals surface area contributed by atoms with Gasteiger partial charge in [-0.05, 0) is 18.1 Å². The van der Waals surface area contributed by atoms with Crippen LogP contribution in [-0.2, 0) is 11.2 Å². The quantitative estimate of drug-likeness (QED) is 0.836. The first-order chi connectivity index (χ1) is 10.1. The smallest absolute Gasteiger partial charge is 0.326 e. The molecule has 1 amide bonds. The molecule has 0 spiro atoms. The Morgan fingerprint density at radius 1 is 1.33 bits per heavy atom. The lowest BCUT2D eigenvalue weighted by atomic mass is 9.97. The van der Waals surface area contributed by atoms with Crippen molar-refractivity contribution in [3.05, 3.63) is 29.3 Å². The summed E-state index contributed by atoms with van der Waals surface area (Å²) in [5, 5.41) is 18.9. The number of hydrogen-bond donors (Lipinski definition) is 2. The van der Waals surface area contributed by atoms with E-state index < -0.39 is 18.1 Å². The highest BCUT2D eigenvalue weighted by Crippen LogP contribution is 2.31. The van der Waals surface area contributed by atoms with Crippen LogP contribution in [0.2, 0.25) is 0 Å². The molecule has 1 aromatic carbocycles. The van der Waals surface area contributed by atoms with Gasteiger partial charge in [0.1, 0.15) is 11.8 Å². The number of carbonyl (C=O) groups excluding carboxylic acids is 1. The van der Waals surface area contributed by atoms with Gasteiger partial charge < -0.3 is 19.8 Å². The van der Waals surface area contributed by atoms with Crippen LogP contribution in [0.5, 0.6) is 5.75 Å². The predicted octanol–water partition coefficient (Wildman–Crippen LogP) is 0.672. The molecule has 3 rings (SSSR count). The van der Waals surface area contributed by atoms with Crippen LogP contribution in [0.25, 0.3) is 0 Å². The van der Waals surface area contributed by atoms with Gasteiger partial charge in [-0.3, -0.25) is 4.79 Å². The van der Waals surface area contributed by atoms with E-state index in [-0.39, 0.29) is 18.9 Å². The van der Waals surface area contributed by atoms with Crippen LogP contribution in [0.3, 0.4) is 0 Å². The number of amides is 1. The predicted molar refractivity (Wildman–Crippen MR) is 73.3 cm³/mol. The Bertz CT molecular complexity index is 585. The number of benzene rings is 1. The number of fused-ring (bicyclic) bond motifs is 1. The summed E-state index contributed by atoms with van der Waals surface area (Å²) in [6, 6.07) is 4.37. The number of likely N-dealkylation sites (tertiary alicyclic amines) is 1. The fraction of sp³-hybridized carbons (Fsp3) is 0.467. The lowest BCUT2D eigenvalue weighted by Gasteiger charge is -2.35. The Balaban J connectivity index is 1.91. The molecule has 0 unspecified atom stereocenters. The molecule has 2 heterocycles. The SMILES string of the molecule is O=C(O)[C@@H]1C[C@H](O)CCN1C(=O)c1cccc2c1OCC2. The number of carboxylic acids is 1. The molecule has 2 aliphatic heterocycles. The summed E-state index contributed by atoms with van der Waals surface area (Å²) in [5.74, 6) is -0.860. The number of nitrogens with zero attached hydrogens (tertiary/aromatic N) is 1. The lowest BCUT2D eigenvalue weighted by Crippen LogP contribution is -2.51. The molecular formula is C15H17NO5. The lowest BCUT2D eigenvalue weighted by molar-refractivity contribution is -0.145. The molecule has 2 atom stereocenters. The zero-order valence-corrected chi connectivity index (χ0v) is 11.5. The van der Waals surface area contributed by atoms with E-state index in [9.17, 15) is 19.8 Å². The monoisotopic (exact) mass is 291 g/mol. The van der Waals surface area contributed by atoms with Gasteiger partial charge in [0.2, 0.25) is 0 Å². The summed E-state index contributed by atoms with van der Waals surface area (Å²) < 4.78 is 5.51. The maximum absolute atomic E-state index is 12.7. The van der Waals surface area contributed by atoms with Crippen molar-refractivity contribution in [3.8, 4) is 5.75 Å². The molecule has 0 aromatic heterocycles. The van der Waals surface area contributed by atoms with E-state index in [2.05, 4.69) is 0 Å². The van der Waals surface area contributed by atoms with Crippen molar-refractivity contribution < 1.29 is 24.5 Å². The van der Waals surface area contributed by atoms with E-state index in [4.69, 9.17) is 4.74 Å². The van der Waals surface area contributed by atoms with Crippen molar-refractivity contribution in [3.63, 3.8) is 0 Å². The summed E-state index contributed by atoms with van der Waals surface area (Å²) in [5.41, 5.74) is 1.39. The van der Waals surface area contributed by atoms with Crippen LogP contribution in [0.15, 0.2) is 18.2 Å². The van der Waals surface area contributed by atoms with Gasteiger partial charge in [-0.25, -0.2) is 4.79 Å². The first-order valence-corrected chi connectivity index (χ1v) is 7.04. The minimum absolute atomic E-state index is 0.0664. The fourth-order valence-electron chi connectivity index (χ4n) is 2.96. The van der Waals surface area contributed by atoms with Crippen molar-refractivity contribution in [2.75, 3.05) is 13.2 Å². The van der Waals surface area contributed by atoms with Gasteiger partial charge in [0, 0.05) is 19.4 Å². The number of aliphatic hydroxyl groups excluding tert-OH is 1. The standard InChI is InChI=1S/C15H17NO5/c17-10-4-6-16(12(8-10)15(19)20)14(18)11-3-1-2-9-5-7-21-13(9)11/h1-3,10,12,17H,4-8H2,(H,19,20)/t10-,12+/m1/s1. The summed E-state index contributed by atoms with van der Waals surface area (Å²) in [6.45, 7) is 0.779. The third kappa shape index (κ3) is 2.47. The van der Waals surface area contributed by atoms with Crippen LogP contribution in [0.1, 0.15) is 28.8 Å². The Morgan fingerprint density at radius 3 is 2.90 bits per heavy atom. The Labute approximate surface area is 121 Å². The van der Waals surface area contributed by atoms with Crippen LogP contribution in [-0.4, -0.2) is 52.3 Å². The second-order valence-electron chi connectivity index (χ2n) is 5.42. The zero-order valence-electron chi connectivity index (χ0n) is 11.5. The molecular weight excluding hydrogens is 274 g/mol. The molecule has 6 heteroatoms. The Kier molecular flexibility index (Phi) is 3.55. The molecule has 1 saturated heterocycles. The second-order valence-corrected chi connectivity index (χ2v) is 5.42. The van der Waals surface area contributed by atoms with Crippen molar-refractivity contribution >= 4 is 11.9 Å². The average molecular weight is 291 g/mol. The molecule has 2 aliphatic rings. The number of piperidine rings is 1. The van der Waals surface area contributed by atoms with Crippen LogP contribution in [0.4, 0.5) is 0 Å². The van der Waals surface area contributed by atoms with Crippen LogP contribution in [0, 0.1) is 0 Å². The number of rotatable bonds is 2. The molecule has 1 fully saturated rings. The third-order valence-electron chi connectivity index (χ3n) is 4.07. The Morgan fingerprint density at radius 2 is 2.14 bits per heavy atom. The molecule has 0 aliphatic carbocycles. The fourth-order valence-corrected chi connectivity index (χ4v) is 2.96. The van der Waals surface area contributed by atoms with Crippen molar-refractivity contribution in [2.24, 2.45) is 0 Å². The number of carbonyl (C=O) groups is 2. The van der Waals surface area contributed by atoms with Crippen molar-refractivity contribution in [1.82, 2.24) is 4.90 Å². The average Bonchev–Trinajstić information content (AvgIpc) is 2.94. The largest absolute Gasteiger partial charge is 0.492 e. The summed E-state index contributed by atoms with van der Waals surface area (Å²) in [4.78, 5) is 25.4. The maximum atomic E-state index is 12.7. The molecule has 112 valence electrons. The van der Waals surface area contributed by atoms with Crippen molar-refractivity contribution in [1.29, 1.82) is 0 Å². The molecule has 21 heavy (non-hydrogen) atoms. The van der Waals surface area contributed by atoms with Gasteiger partial charge in [-0.1, -0.05) is 12.1 Å². The van der Waals surface area contributed by atoms with E-state index in [0.717, 1.165) is 12.0 Å². The van der Waals surface area contributed by atoms with Crippen LogP contribution >= 0.6 is 0 Å². The number of carboxylic acid groups (broad SMARTS) is 1. The van der Waals surface area contributed by atoms with Gasteiger partial charge in [0.05, 0.1) is 18.3 Å². The van der Waals surface area contributed by atoms with E-state index in [1.54, 1.807) is 12.1 Å². The summed E-state index contributed by atoms with van der Waals surface area (Å²) in [7, 11) is 0. The van der Waals surface area contributed by atoms with E-state index in [1.165, 1.54) is 4.90 Å². The van der Waals surface area contributed by atoms with Gasteiger partial charge >= 0.3 is 5.97 Å². The minimum atomic E-state index is -1.09. The van der Waals surface area contributed by atoms with Gasteiger partial charge in [-0.2, -0.15) is 0 Å². The number of ether oxygens (including phenoxy) is 1. The maximum Gasteiger partial charge on any atom is 0.326 e. The minimum Gasteiger partial charge on any atom is -0.492 e. The van der Waals surface area contributed by atoms with Gasteiger partial charge in [0.15, 0.2) is 0 Å². The van der Waals surface area contributed by atoms with Crippen LogP contribution < -0.4 is 4.74 Å². The summed E-state index contributed by atoms with van der Waals surface area (Å²) in [6.07, 6.45) is 0.549. The van der Waals surface area contributed by atoms with Gasteiger partial charge in [0.25, 0.3) is 5.91 Å². The van der Waals surface area contributed by atoms with E-state index in [0.29, 0.717) is 24.3 Å². The molecule has 1 aromatic rings. The summed E-state index contributed by atoms with van der Waals surface area (Å²) >= 11 is 0. The number of aliphatic carboxylic acids is 1. The highest BCUT2D eigenvalue weighted by molar-refractivity contribution is 5.99. The van der Waals surface area contributed by atoms with Gasteiger partial charge in [-0.15, -0.1) is 0 Å². The molecule has 2 N–H and O–H groups in total. The van der Waals surface area contributed by atoms with E-state index >= 15 is 0 Å². The third-order valence-corrected chi connectivity index (χ3v) is 4.07. The zero-order chi connectivity index (χ0) is 15.0. The second kappa shape index (κ2) is 5.37.